The molecular formula is C30H38N6O5S. The van der Waals surface area contributed by atoms with Crippen LogP contribution in [0.25, 0.3) is 17.1 Å². The van der Waals surface area contributed by atoms with Crippen LogP contribution in [0.5, 0.6) is 11.5 Å². The molecule has 0 spiro atoms. The predicted octanol–water partition coefficient (Wildman–Crippen LogP) is 4.59. The van der Waals surface area contributed by atoms with Crippen LogP contribution in [0.3, 0.4) is 0 Å². The summed E-state index contributed by atoms with van der Waals surface area (Å²) in [5.41, 5.74) is 3.19. The molecule has 0 N–H and O–H groups in total. The van der Waals surface area contributed by atoms with Crippen LogP contribution in [0.15, 0.2) is 54.9 Å². The maximum atomic E-state index is 13.9. The fraction of sp³-hybridized carbons (Fsp3) is 0.400. The van der Waals surface area contributed by atoms with Gasteiger partial charge in [0.25, 0.3) is 0 Å². The third kappa shape index (κ3) is 6.24. The first-order valence-electron chi connectivity index (χ1n) is 13.7. The van der Waals surface area contributed by atoms with Gasteiger partial charge in [0, 0.05) is 43.8 Å². The third-order valence-electron chi connectivity index (χ3n) is 7.24. The Kier molecular flexibility index (Phi) is 9.79. The van der Waals surface area contributed by atoms with Gasteiger partial charge in [0.15, 0.2) is 27.3 Å². The van der Waals surface area contributed by atoms with E-state index >= 15 is 0 Å². The molecule has 0 radical (unpaired) electrons. The molecule has 4 rings (SSSR count). The molecule has 42 heavy (non-hydrogen) atoms. The number of hydrogen-bond donors (Lipinski definition) is 0. The zero-order chi connectivity index (χ0) is 30.4. The van der Waals surface area contributed by atoms with E-state index in [-0.39, 0.29) is 5.82 Å². The second-order valence-corrected chi connectivity index (χ2v) is 12.2. The van der Waals surface area contributed by atoms with E-state index in [4.69, 9.17) is 14.2 Å². The highest BCUT2D eigenvalue weighted by atomic mass is 32.2. The van der Waals surface area contributed by atoms with Gasteiger partial charge in [0.05, 0.1) is 19.5 Å². The maximum Gasteiger partial charge on any atom is 0.168 e. The normalized spacial score (nSPS) is 13.0. The van der Waals surface area contributed by atoms with Crippen LogP contribution in [0.4, 0.5) is 5.69 Å². The smallest absolute Gasteiger partial charge is 0.168 e. The Morgan fingerprint density at radius 2 is 1.50 bits per heavy atom. The average molecular weight is 595 g/mol. The SMILES string of the molecule is CCN(CC)c1ccc(-c2nnc(CS(=O)(=O)[C@@H](C)[C@H](OC)c3ncc(C)cn3)n2-c2c(OC)cccc2OC)cc1. The zero-order valence-corrected chi connectivity index (χ0v) is 25.9. The molecule has 0 aliphatic heterocycles. The van der Waals surface area contributed by atoms with Crippen LogP contribution < -0.4 is 14.4 Å². The second kappa shape index (κ2) is 13.3. The molecule has 0 saturated carbocycles. The number of aryl methyl sites for hydroxylation is 1. The van der Waals surface area contributed by atoms with Crippen LogP contribution in [-0.2, 0) is 20.3 Å². The van der Waals surface area contributed by atoms with Gasteiger partial charge >= 0.3 is 0 Å². The number of benzene rings is 2. The van der Waals surface area contributed by atoms with Crippen molar-refractivity contribution in [3.05, 3.63) is 72.1 Å². The fourth-order valence-corrected chi connectivity index (χ4v) is 6.27. The molecule has 0 amide bonds. The summed E-state index contributed by atoms with van der Waals surface area (Å²) in [4.78, 5) is 10.9. The summed E-state index contributed by atoms with van der Waals surface area (Å²) in [5, 5.41) is 7.88. The van der Waals surface area contributed by atoms with Crippen LogP contribution >= 0.6 is 0 Å². The summed E-state index contributed by atoms with van der Waals surface area (Å²) in [6, 6.07) is 13.3. The predicted molar refractivity (Wildman–Crippen MR) is 162 cm³/mol. The van der Waals surface area contributed by atoms with Crippen molar-refractivity contribution in [2.75, 3.05) is 39.3 Å². The molecule has 224 valence electrons. The summed E-state index contributed by atoms with van der Waals surface area (Å²) >= 11 is 0. The molecular weight excluding hydrogens is 556 g/mol. The van der Waals surface area contributed by atoms with Crippen LogP contribution in [0, 0.1) is 6.92 Å². The Morgan fingerprint density at radius 1 is 0.905 bits per heavy atom. The Balaban J connectivity index is 1.83. The van der Waals surface area contributed by atoms with Crippen molar-refractivity contribution in [3.8, 4) is 28.6 Å². The number of ether oxygens (including phenoxy) is 3. The number of rotatable bonds is 13. The molecule has 0 saturated heterocycles. The van der Waals surface area contributed by atoms with Gasteiger partial charge < -0.3 is 19.1 Å². The summed E-state index contributed by atoms with van der Waals surface area (Å²) in [7, 11) is 0.676. The minimum absolute atomic E-state index is 0.201. The monoisotopic (exact) mass is 594 g/mol. The highest BCUT2D eigenvalue weighted by molar-refractivity contribution is 7.91. The number of para-hydroxylation sites is 1. The molecule has 0 aliphatic rings. The summed E-state index contributed by atoms with van der Waals surface area (Å²) in [6.45, 7) is 9.41. The largest absolute Gasteiger partial charge is 0.494 e. The lowest BCUT2D eigenvalue weighted by Gasteiger charge is -2.22. The van der Waals surface area contributed by atoms with E-state index in [0.717, 1.165) is 29.9 Å². The van der Waals surface area contributed by atoms with E-state index in [2.05, 4.69) is 38.9 Å². The first kappa shape index (κ1) is 30.9. The fourth-order valence-electron chi connectivity index (χ4n) is 4.85. The van der Waals surface area contributed by atoms with Gasteiger partial charge in [-0.3, -0.25) is 4.57 Å². The molecule has 0 unspecified atom stereocenters. The van der Waals surface area contributed by atoms with Crippen molar-refractivity contribution in [3.63, 3.8) is 0 Å². The van der Waals surface area contributed by atoms with Gasteiger partial charge in [-0.25, -0.2) is 18.4 Å². The minimum atomic E-state index is -3.86. The molecule has 2 heterocycles. The van der Waals surface area contributed by atoms with Crippen molar-refractivity contribution >= 4 is 15.5 Å². The van der Waals surface area contributed by atoms with E-state index < -0.39 is 26.9 Å². The van der Waals surface area contributed by atoms with Gasteiger partial charge in [0.1, 0.15) is 29.0 Å². The highest BCUT2D eigenvalue weighted by Crippen LogP contribution is 2.37. The van der Waals surface area contributed by atoms with Crippen molar-refractivity contribution in [2.24, 2.45) is 0 Å². The Hall–Kier alpha value is -4.03. The molecule has 0 fully saturated rings. The van der Waals surface area contributed by atoms with E-state index in [1.165, 1.54) is 7.11 Å². The van der Waals surface area contributed by atoms with Gasteiger partial charge in [-0.05, 0) is 69.7 Å². The van der Waals surface area contributed by atoms with Crippen molar-refractivity contribution in [2.45, 2.75) is 44.8 Å². The van der Waals surface area contributed by atoms with Crippen molar-refractivity contribution in [1.29, 1.82) is 0 Å². The summed E-state index contributed by atoms with van der Waals surface area (Å²) < 4.78 is 46.4. The molecule has 0 bridgehead atoms. The van der Waals surface area contributed by atoms with Crippen molar-refractivity contribution in [1.82, 2.24) is 24.7 Å². The number of nitrogens with zero attached hydrogens (tertiary/aromatic N) is 6. The molecule has 11 nitrogen and oxygen atoms in total. The Morgan fingerprint density at radius 3 is 2.02 bits per heavy atom. The number of methoxy groups -OCH3 is 3. The number of aromatic nitrogens is 5. The summed E-state index contributed by atoms with van der Waals surface area (Å²) in [6.07, 6.45) is 2.39. The zero-order valence-electron chi connectivity index (χ0n) is 25.1. The topological polar surface area (TPSA) is 122 Å². The van der Waals surface area contributed by atoms with Crippen molar-refractivity contribution < 1.29 is 22.6 Å². The molecule has 4 aromatic rings. The molecule has 0 aliphatic carbocycles. The van der Waals surface area contributed by atoms with Crippen LogP contribution in [-0.4, -0.2) is 72.8 Å². The minimum Gasteiger partial charge on any atom is -0.494 e. The van der Waals surface area contributed by atoms with Crippen LogP contribution in [0.1, 0.15) is 44.1 Å². The van der Waals surface area contributed by atoms with E-state index in [9.17, 15) is 8.42 Å². The van der Waals surface area contributed by atoms with Crippen LogP contribution in [0.2, 0.25) is 0 Å². The maximum absolute atomic E-state index is 13.9. The van der Waals surface area contributed by atoms with Gasteiger partial charge in [0.2, 0.25) is 0 Å². The quantitative estimate of drug-likeness (QED) is 0.217. The lowest BCUT2D eigenvalue weighted by atomic mass is 10.1. The molecule has 12 heteroatoms. The van der Waals surface area contributed by atoms with E-state index in [0.29, 0.717) is 28.8 Å². The Labute approximate surface area is 247 Å². The number of anilines is 1. The van der Waals surface area contributed by atoms with Gasteiger partial charge in [-0.15, -0.1) is 10.2 Å². The van der Waals surface area contributed by atoms with E-state index in [1.54, 1.807) is 56.3 Å². The lowest BCUT2D eigenvalue weighted by Crippen LogP contribution is -2.30. The molecule has 2 aromatic carbocycles. The second-order valence-electron chi connectivity index (χ2n) is 9.79. The molecule has 2 atom stereocenters. The Bertz CT molecular complexity index is 1560. The first-order chi connectivity index (χ1) is 20.2. The molecule has 2 aromatic heterocycles. The lowest BCUT2D eigenvalue weighted by molar-refractivity contribution is 0.0947. The summed E-state index contributed by atoms with van der Waals surface area (Å²) in [5.74, 6) is 1.47. The van der Waals surface area contributed by atoms with E-state index in [1.807, 2.05) is 31.2 Å². The highest BCUT2D eigenvalue weighted by Gasteiger charge is 2.35. The average Bonchev–Trinajstić information content (AvgIpc) is 3.40. The number of hydrogen-bond acceptors (Lipinski definition) is 10. The van der Waals surface area contributed by atoms with Gasteiger partial charge in [-0.2, -0.15) is 0 Å². The first-order valence-corrected chi connectivity index (χ1v) is 15.4. The third-order valence-corrected chi connectivity index (χ3v) is 9.28. The standard InChI is InChI=1S/C30H38N6O5S/c1-8-35(9-2)23-15-13-22(14-16-23)30-34-33-26(36(30)27-24(39-5)11-10-12-25(27)40-6)19-42(37,38)21(4)28(41-7)29-31-17-20(3)18-32-29/h10-18,21,28H,8-9,19H2,1-7H3/t21-,28-/m0/s1. The number of sulfone groups is 1. The van der Waals surface area contributed by atoms with Gasteiger partial charge in [-0.1, -0.05) is 6.07 Å².